The molecule has 1 heterocycles. The van der Waals surface area contributed by atoms with Crippen molar-refractivity contribution >= 4 is 65.9 Å². The van der Waals surface area contributed by atoms with Gasteiger partial charge in [0.05, 0.1) is 10.4 Å². The molecule has 4 aromatic rings. The van der Waals surface area contributed by atoms with Gasteiger partial charge in [0.25, 0.3) is 0 Å². The third-order valence-electron chi connectivity index (χ3n) is 3.94. The van der Waals surface area contributed by atoms with Crippen LogP contribution < -0.4 is 5.32 Å². The van der Waals surface area contributed by atoms with Crippen molar-refractivity contribution in [3.8, 4) is 0 Å². The summed E-state index contributed by atoms with van der Waals surface area (Å²) in [5.74, 6) is 0.191. The molecule has 1 aromatic heterocycles. The van der Waals surface area contributed by atoms with Crippen LogP contribution in [0, 0.1) is 0 Å². The predicted molar refractivity (Wildman–Crippen MR) is 119 cm³/mol. The first-order valence-corrected chi connectivity index (χ1v) is 11.0. The van der Waals surface area contributed by atoms with Gasteiger partial charge in [0.1, 0.15) is 5.82 Å². The number of hydrogen-bond acceptors (Lipinski definition) is 5. The van der Waals surface area contributed by atoms with Gasteiger partial charge in [-0.05, 0) is 53.8 Å². The third-order valence-corrected chi connectivity index (χ3v) is 5.93. The summed E-state index contributed by atoms with van der Waals surface area (Å²) in [7, 11) is -4.04. The lowest BCUT2D eigenvalue weighted by molar-refractivity contribution is 0.603. The van der Waals surface area contributed by atoms with Crippen molar-refractivity contribution in [1.82, 2.24) is 9.97 Å². The molecule has 4 rings (SSSR count). The maximum Gasteiger partial charge on any atom is 0.202 e. The summed E-state index contributed by atoms with van der Waals surface area (Å²) in [5, 5.41) is 3.41. The highest BCUT2D eigenvalue weighted by molar-refractivity contribution is 9.10. The van der Waals surface area contributed by atoms with Gasteiger partial charge < -0.3 is 15.0 Å². The molecule has 3 aromatic carbocycles. The number of nitrogens with one attached hydrogen (secondary N) is 1. The minimum absolute atomic E-state index is 0.0200. The fourth-order valence-electron chi connectivity index (χ4n) is 2.64. The normalized spacial score (nSPS) is 11.4. The number of rotatable bonds is 5. The van der Waals surface area contributed by atoms with Crippen LogP contribution >= 0.6 is 27.5 Å². The highest BCUT2D eigenvalue weighted by atomic mass is 79.9. The van der Waals surface area contributed by atoms with E-state index in [0.29, 0.717) is 21.7 Å². The van der Waals surface area contributed by atoms with Crippen molar-refractivity contribution in [2.24, 2.45) is 0 Å². The van der Waals surface area contributed by atoms with Crippen molar-refractivity contribution < 1.29 is 8.42 Å². The second-order valence-corrected chi connectivity index (χ2v) is 9.00. The first-order chi connectivity index (χ1) is 13.9. The van der Waals surface area contributed by atoms with E-state index in [1.54, 1.807) is 30.3 Å². The zero-order valence-electron chi connectivity index (χ0n) is 14.8. The Balaban J connectivity index is 1.79. The van der Waals surface area contributed by atoms with Crippen LogP contribution in [0.1, 0.15) is 0 Å². The zero-order chi connectivity index (χ0) is 20.4. The van der Waals surface area contributed by atoms with Gasteiger partial charge in [-0.25, -0.2) is 13.4 Å². The fourth-order valence-corrected chi connectivity index (χ4v) is 4.28. The van der Waals surface area contributed by atoms with Crippen molar-refractivity contribution in [1.29, 1.82) is 0 Å². The van der Waals surface area contributed by atoms with Crippen LogP contribution in [-0.2, 0) is 10.0 Å². The average Bonchev–Trinajstić information content (AvgIpc) is 2.68. The summed E-state index contributed by atoms with van der Waals surface area (Å²) in [6.45, 7) is 0. The summed E-state index contributed by atoms with van der Waals surface area (Å²) >= 11 is 9.35. The van der Waals surface area contributed by atoms with E-state index in [-0.39, 0.29) is 16.5 Å². The Hall–Kier alpha value is -2.68. The molecule has 29 heavy (non-hydrogen) atoms. The van der Waals surface area contributed by atoms with Crippen molar-refractivity contribution in [3.05, 3.63) is 87.0 Å². The van der Waals surface area contributed by atoms with Gasteiger partial charge >= 0.3 is 0 Å². The number of para-hydroxylation sites is 2. The first kappa shape index (κ1) is 19.6. The number of nitrogens with zero attached hydrogens (tertiary/aromatic N) is 3. The maximum absolute atomic E-state index is 12.8. The van der Waals surface area contributed by atoms with E-state index in [2.05, 4.69) is 35.9 Å². The van der Waals surface area contributed by atoms with E-state index < -0.39 is 10.0 Å². The molecule has 0 radical (unpaired) electrons. The number of fused-ring (bicyclic) bond motifs is 1. The Kier molecular flexibility index (Phi) is 5.40. The largest absolute Gasteiger partial charge is 0.431 e. The molecule has 9 heteroatoms. The van der Waals surface area contributed by atoms with E-state index in [1.165, 1.54) is 12.1 Å². The molecule has 0 unspecified atom stereocenters. The minimum Gasteiger partial charge on any atom is -0.431 e. The zero-order valence-corrected chi connectivity index (χ0v) is 17.9. The number of sulfonamides is 1. The SMILES string of the molecule is O=S(=O)([N-]c1nc2ccccc2nc1Nc1cccc(Br)c1)c1cccc(Cl)c1. The average molecular weight is 489 g/mol. The van der Waals surface area contributed by atoms with Crippen LogP contribution in [0.15, 0.2) is 82.2 Å². The molecule has 0 aliphatic carbocycles. The van der Waals surface area contributed by atoms with E-state index in [1.807, 2.05) is 30.3 Å². The molecule has 0 amide bonds. The highest BCUT2D eigenvalue weighted by Gasteiger charge is 2.13. The van der Waals surface area contributed by atoms with Crippen molar-refractivity contribution in [2.75, 3.05) is 5.32 Å². The Bertz CT molecular complexity index is 1310. The Morgan fingerprint density at radius 2 is 1.62 bits per heavy atom. The lowest BCUT2D eigenvalue weighted by atomic mass is 10.3. The molecule has 1 N–H and O–H groups in total. The van der Waals surface area contributed by atoms with Gasteiger partial charge in [0, 0.05) is 15.2 Å². The third kappa shape index (κ3) is 4.50. The monoisotopic (exact) mass is 487 g/mol. The molecule has 0 fully saturated rings. The lowest BCUT2D eigenvalue weighted by Gasteiger charge is -2.21. The van der Waals surface area contributed by atoms with E-state index in [9.17, 15) is 8.42 Å². The molecule has 0 atom stereocenters. The Morgan fingerprint density at radius 3 is 2.34 bits per heavy atom. The van der Waals surface area contributed by atoms with Crippen LogP contribution in [0.5, 0.6) is 0 Å². The minimum atomic E-state index is -4.04. The van der Waals surface area contributed by atoms with Gasteiger partial charge in [-0.2, -0.15) is 0 Å². The lowest BCUT2D eigenvalue weighted by Crippen LogP contribution is -2.02. The molecule has 0 aliphatic rings. The molecule has 0 saturated heterocycles. The van der Waals surface area contributed by atoms with E-state index in [4.69, 9.17) is 11.6 Å². The molecular weight excluding hydrogens is 476 g/mol. The van der Waals surface area contributed by atoms with Crippen molar-refractivity contribution in [2.45, 2.75) is 4.90 Å². The van der Waals surface area contributed by atoms with Gasteiger partial charge in [-0.1, -0.05) is 57.9 Å². The van der Waals surface area contributed by atoms with Gasteiger partial charge in [-0.15, -0.1) is 0 Å². The predicted octanol–water partition coefficient (Wildman–Crippen LogP) is 6.18. The molecule has 0 spiro atoms. The van der Waals surface area contributed by atoms with Crippen LogP contribution in [0.2, 0.25) is 5.02 Å². The summed E-state index contributed by atoms with van der Waals surface area (Å²) in [4.78, 5) is 8.91. The van der Waals surface area contributed by atoms with Crippen LogP contribution in [-0.4, -0.2) is 18.4 Å². The number of benzene rings is 3. The topological polar surface area (TPSA) is 86.1 Å². The molecule has 6 nitrogen and oxygen atoms in total. The molecule has 146 valence electrons. The molecular formula is C20H13BrClN4O2S-. The second-order valence-electron chi connectivity index (χ2n) is 6.04. The van der Waals surface area contributed by atoms with Gasteiger partial charge in [0.15, 0.2) is 0 Å². The van der Waals surface area contributed by atoms with Crippen LogP contribution in [0.4, 0.5) is 17.3 Å². The Morgan fingerprint density at radius 1 is 0.897 bits per heavy atom. The first-order valence-electron chi connectivity index (χ1n) is 8.44. The smallest absolute Gasteiger partial charge is 0.202 e. The highest BCUT2D eigenvalue weighted by Crippen LogP contribution is 2.35. The van der Waals surface area contributed by atoms with Crippen molar-refractivity contribution in [3.63, 3.8) is 0 Å². The quantitative estimate of drug-likeness (QED) is 0.362. The maximum atomic E-state index is 12.8. The Labute approximate surface area is 181 Å². The number of anilines is 2. The molecule has 0 aliphatic heterocycles. The molecule has 0 bridgehead atoms. The second kappa shape index (κ2) is 7.98. The number of aromatic nitrogens is 2. The van der Waals surface area contributed by atoms with E-state index >= 15 is 0 Å². The summed E-state index contributed by atoms with van der Waals surface area (Å²) in [6.07, 6.45) is 0. The van der Waals surface area contributed by atoms with Crippen LogP contribution in [0.25, 0.3) is 15.8 Å². The summed E-state index contributed by atoms with van der Waals surface area (Å²) in [5.41, 5.74) is 1.86. The van der Waals surface area contributed by atoms with Gasteiger partial charge in [-0.3, -0.25) is 0 Å². The fraction of sp³-hybridized carbons (Fsp3) is 0. The number of halogens is 2. The molecule has 0 saturated carbocycles. The van der Waals surface area contributed by atoms with Gasteiger partial charge in [0.2, 0.25) is 10.0 Å². The van der Waals surface area contributed by atoms with E-state index in [0.717, 1.165) is 4.47 Å². The number of hydrogen-bond donors (Lipinski definition) is 1. The van der Waals surface area contributed by atoms with Crippen LogP contribution in [0.3, 0.4) is 0 Å². The standard InChI is InChI=1S/C20H13BrClN4O2S/c21-13-5-3-7-15(11-13)23-19-20(25-18-10-2-1-9-17(18)24-19)26-29(27,28)16-8-4-6-14(22)12-16/h1-12H,(H-,23,24,25,26)/q-1. The summed E-state index contributed by atoms with van der Waals surface area (Å²) < 4.78 is 30.4. The summed E-state index contributed by atoms with van der Waals surface area (Å²) in [6, 6.07) is 20.5.